The molecule has 0 saturated heterocycles. The number of nitro groups is 1. The minimum atomic E-state index is -1.08. The van der Waals surface area contributed by atoms with Crippen molar-refractivity contribution >= 4 is 23.3 Å². The molecular formula is C18H15N3O5. The number of nitro benzene ring substituents is 1. The average molecular weight is 353 g/mol. The van der Waals surface area contributed by atoms with Crippen LogP contribution in [-0.4, -0.2) is 22.9 Å². The van der Waals surface area contributed by atoms with Crippen LogP contribution in [0.2, 0.25) is 0 Å². The Labute approximate surface area is 149 Å². The molecule has 1 N–H and O–H groups in total. The maximum Gasteiger partial charge on any atom is 0.338 e. The second-order valence-electron chi connectivity index (χ2n) is 5.48. The Balaban J connectivity index is 2.01. The van der Waals surface area contributed by atoms with Gasteiger partial charge in [0.2, 0.25) is 0 Å². The molecule has 0 aliphatic rings. The van der Waals surface area contributed by atoms with Crippen LogP contribution in [0.25, 0.3) is 0 Å². The lowest BCUT2D eigenvalue weighted by molar-refractivity contribution is -0.385. The van der Waals surface area contributed by atoms with E-state index < -0.39 is 22.9 Å². The summed E-state index contributed by atoms with van der Waals surface area (Å²) in [6, 6.07) is 12.0. The van der Waals surface area contributed by atoms with Crippen molar-refractivity contribution in [3.8, 4) is 6.07 Å². The Kier molecular flexibility index (Phi) is 5.65. The zero-order valence-electron chi connectivity index (χ0n) is 14.1. The highest BCUT2D eigenvalue weighted by atomic mass is 16.6. The van der Waals surface area contributed by atoms with E-state index in [4.69, 9.17) is 10.00 Å². The Hall–Kier alpha value is -3.73. The number of nitrogens with one attached hydrogen (secondary N) is 1. The molecule has 0 unspecified atom stereocenters. The molecule has 26 heavy (non-hydrogen) atoms. The molecule has 0 aromatic heterocycles. The molecule has 2 rings (SSSR count). The predicted octanol–water partition coefficient (Wildman–Crippen LogP) is 2.96. The van der Waals surface area contributed by atoms with Crippen molar-refractivity contribution in [2.75, 3.05) is 5.32 Å². The molecule has 1 atom stereocenters. The third-order valence-corrected chi connectivity index (χ3v) is 3.56. The van der Waals surface area contributed by atoms with E-state index >= 15 is 0 Å². The lowest BCUT2D eigenvalue weighted by atomic mass is 10.1. The summed E-state index contributed by atoms with van der Waals surface area (Å²) in [6.07, 6.45) is -1.08. The van der Waals surface area contributed by atoms with E-state index in [-0.39, 0.29) is 11.3 Å². The third-order valence-electron chi connectivity index (χ3n) is 3.56. The topological polar surface area (TPSA) is 122 Å². The molecule has 0 aliphatic carbocycles. The number of esters is 1. The van der Waals surface area contributed by atoms with Crippen molar-refractivity contribution < 1.29 is 19.2 Å². The molecule has 1 amide bonds. The lowest BCUT2D eigenvalue weighted by Gasteiger charge is -2.14. The second-order valence-corrected chi connectivity index (χ2v) is 5.48. The van der Waals surface area contributed by atoms with Gasteiger partial charge in [0.25, 0.3) is 11.6 Å². The van der Waals surface area contributed by atoms with Gasteiger partial charge >= 0.3 is 5.97 Å². The number of amides is 1. The zero-order chi connectivity index (χ0) is 19.3. The molecule has 0 bridgehead atoms. The average Bonchev–Trinajstić information content (AvgIpc) is 2.61. The van der Waals surface area contributed by atoms with Gasteiger partial charge in [-0.05, 0) is 50.2 Å². The normalized spacial score (nSPS) is 11.1. The first-order valence-corrected chi connectivity index (χ1v) is 7.59. The molecule has 0 aliphatic heterocycles. The summed E-state index contributed by atoms with van der Waals surface area (Å²) >= 11 is 0. The van der Waals surface area contributed by atoms with Crippen molar-refractivity contribution in [1.82, 2.24) is 0 Å². The summed E-state index contributed by atoms with van der Waals surface area (Å²) in [7, 11) is 0. The molecule has 2 aromatic carbocycles. The van der Waals surface area contributed by atoms with E-state index in [0.29, 0.717) is 16.8 Å². The number of rotatable bonds is 5. The Morgan fingerprint density at radius 1 is 1.23 bits per heavy atom. The Morgan fingerprint density at radius 2 is 1.88 bits per heavy atom. The molecule has 0 radical (unpaired) electrons. The van der Waals surface area contributed by atoms with Crippen molar-refractivity contribution in [1.29, 1.82) is 5.26 Å². The quantitative estimate of drug-likeness (QED) is 0.501. The van der Waals surface area contributed by atoms with Crippen molar-refractivity contribution in [3.63, 3.8) is 0 Å². The number of benzene rings is 2. The molecule has 0 spiro atoms. The van der Waals surface area contributed by atoms with E-state index in [1.807, 2.05) is 6.07 Å². The molecule has 0 fully saturated rings. The minimum absolute atomic E-state index is 0.104. The van der Waals surface area contributed by atoms with Crippen LogP contribution in [0.3, 0.4) is 0 Å². The van der Waals surface area contributed by atoms with Crippen LogP contribution in [0, 0.1) is 28.4 Å². The highest BCUT2D eigenvalue weighted by Gasteiger charge is 2.20. The van der Waals surface area contributed by atoms with Crippen LogP contribution < -0.4 is 5.32 Å². The fourth-order valence-corrected chi connectivity index (χ4v) is 2.14. The largest absolute Gasteiger partial charge is 0.449 e. The maximum absolute atomic E-state index is 12.1. The standard InChI is InChI=1S/C18H15N3O5/c1-11-9-14(5-8-16(11)21(24)25)18(23)26-12(2)17(22)20-15-6-3-13(10-19)4-7-15/h3-9,12H,1-2H3,(H,20,22)/t12-/m1/s1. The summed E-state index contributed by atoms with van der Waals surface area (Å²) in [5, 5.41) is 22.1. The van der Waals surface area contributed by atoms with Gasteiger partial charge in [0, 0.05) is 17.3 Å². The van der Waals surface area contributed by atoms with Crippen LogP contribution >= 0.6 is 0 Å². The molecule has 8 nitrogen and oxygen atoms in total. The summed E-state index contributed by atoms with van der Waals surface area (Å²) in [6.45, 7) is 2.92. The van der Waals surface area contributed by atoms with Crippen molar-refractivity contribution in [2.24, 2.45) is 0 Å². The van der Waals surface area contributed by atoms with E-state index in [1.54, 1.807) is 24.3 Å². The number of ether oxygens (including phenoxy) is 1. The summed E-state index contributed by atoms with van der Waals surface area (Å²) in [5.74, 6) is -1.30. The van der Waals surface area contributed by atoms with Gasteiger partial charge in [-0.1, -0.05) is 0 Å². The van der Waals surface area contributed by atoms with E-state index in [2.05, 4.69) is 5.32 Å². The van der Waals surface area contributed by atoms with Gasteiger partial charge in [-0.3, -0.25) is 14.9 Å². The molecule has 132 valence electrons. The van der Waals surface area contributed by atoms with Crippen LogP contribution in [0.15, 0.2) is 42.5 Å². The molecule has 8 heteroatoms. The van der Waals surface area contributed by atoms with Crippen LogP contribution in [-0.2, 0) is 9.53 Å². The summed E-state index contributed by atoms with van der Waals surface area (Å²) < 4.78 is 5.10. The zero-order valence-corrected chi connectivity index (χ0v) is 14.1. The highest BCUT2D eigenvalue weighted by Crippen LogP contribution is 2.19. The number of hydrogen-bond acceptors (Lipinski definition) is 6. The first-order valence-electron chi connectivity index (χ1n) is 7.59. The Bertz CT molecular complexity index is 900. The van der Waals surface area contributed by atoms with Gasteiger partial charge in [-0.25, -0.2) is 4.79 Å². The van der Waals surface area contributed by atoms with Crippen LogP contribution in [0.5, 0.6) is 0 Å². The number of carbonyl (C=O) groups is 2. The number of hydrogen-bond donors (Lipinski definition) is 1. The monoisotopic (exact) mass is 353 g/mol. The molecule has 2 aromatic rings. The van der Waals surface area contributed by atoms with Crippen molar-refractivity contribution in [3.05, 3.63) is 69.3 Å². The second kappa shape index (κ2) is 7.90. The fourth-order valence-electron chi connectivity index (χ4n) is 2.14. The van der Waals surface area contributed by atoms with Crippen LogP contribution in [0.4, 0.5) is 11.4 Å². The molecule has 0 heterocycles. The molecule has 0 saturated carbocycles. The van der Waals surface area contributed by atoms with E-state index in [1.165, 1.54) is 32.0 Å². The van der Waals surface area contributed by atoms with E-state index in [0.717, 1.165) is 0 Å². The first kappa shape index (κ1) is 18.6. The number of nitrogens with zero attached hydrogens (tertiary/aromatic N) is 2. The maximum atomic E-state index is 12.1. The predicted molar refractivity (Wildman–Crippen MR) is 92.5 cm³/mol. The first-order chi connectivity index (χ1) is 12.3. The minimum Gasteiger partial charge on any atom is -0.449 e. The fraction of sp³-hybridized carbons (Fsp3) is 0.167. The third kappa shape index (κ3) is 4.42. The summed E-state index contributed by atoms with van der Waals surface area (Å²) in [5.41, 5.74) is 1.25. The van der Waals surface area contributed by atoms with Gasteiger partial charge in [0.05, 0.1) is 22.1 Å². The summed E-state index contributed by atoms with van der Waals surface area (Å²) in [4.78, 5) is 34.5. The Morgan fingerprint density at radius 3 is 2.42 bits per heavy atom. The molecular weight excluding hydrogens is 338 g/mol. The van der Waals surface area contributed by atoms with Gasteiger partial charge in [-0.15, -0.1) is 0 Å². The van der Waals surface area contributed by atoms with E-state index in [9.17, 15) is 19.7 Å². The lowest BCUT2D eigenvalue weighted by Crippen LogP contribution is -2.30. The number of anilines is 1. The van der Waals surface area contributed by atoms with Gasteiger partial charge in [0.1, 0.15) is 0 Å². The number of carbonyl (C=O) groups excluding carboxylic acids is 2. The van der Waals surface area contributed by atoms with Gasteiger partial charge in [-0.2, -0.15) is 5.26 Å². The van der Waals surface area contributed by atoms with Gasteiger partial charge < -0.3 is 10.1 Å². The number of nitriles is 1. The number of aryl methyl sites for hydroxylation is 1. The smallest absolute Gasteiger partial charge is 0.338 e. The highest BCUT2D eigenvalue weighted by molar-refractivity contribution is 5.97. The van der Waals surface area contributed by atoms with Crippen LogP contribution in [0.1, 0.15) is 28.4 Å². The SMILES string of the molecule is Cc1cc(C(=O)O[C@H](C)C(=O)Nc2ccc(C#N)cc2)ccc1[N+](=O)[O-]. The van der Waals surface area contributed by atoms with Gasteiger partial charge in [0.15, 0.2) is 6.10 Å². The van der Waals surface area contributed by atoms with Crippen molar-refractivity contribution in [2.45, 2.75) is 20.0 Å².